The molecule has 0 spiro atoms. The van der Waals surface area contributed by atoms with Crippen LogP contribution in [0.2, 0.25) is 0 Å². The highest BCUT2D eigenvalue weighted by Crippen LogP contribution is 2.13. The molecule has 6 heteroatoms. The van der Waals surface area contributed by atoms with Gasteiger partial charge in [0.25, 0.3) is 0 Å². The second-order valence-corrected chi connectivity index (χ2v) is 4.44. The first-order valence-electron chi connectivity index (χ1n) is 6.76. The van der Waals surface area contributed by atoms with Crippen molar-refractivity contribution in [3.8, 4) is 22.5 Å². The predicted octanol–water partition coefficient (Wildman–Crippen LogP) is 2.94. The molecule has 2 aromatic carbocycles. The molecule has 0 atom stereocenters. The summed E-state index contributed by atoms with van der Waals surface area (Å²) < 4.78 is 0. The predicted molar refractivity (Wildman–Crippen MR) is 83.6 cm³/mol. The van der Waals surface area contributed by atoms with Gasteiger partial charge >= 0.3 is 0 Å². The van der Waals surface area contributed by atoms with Crippen molar-refractivity contribution in [3.63, 3.8) is 0 Å². The fourth-order valence-corrected chi connectivity index (χ4v) is 1.90. The first kappa shape index (κ1) is 13.7. The largest absolute Gasteiger partial charge is 0.197 e. The molecule has 0 radical (unpaired) electrons. The van der Waals surface area contributed by atoms with Crippen molar-refractivity contribution in [3.05, 3.63) is 73.1 Å². The maximum atomic E-state index is 3.95. The van der Waals surface area contributed by atoms with Gasteiger partial charge in [0, 0.05) is 11.1 Å². The maximum absolute atomic E-state index is 3.95. The third kappa shape index (κ3) is 3.43. The van der Waals surface area contributed by atoms with Crippen LogP contribution in [0, 0.1) is 0 Å². The van der Waals surface area contributed by atoms with Gasteiger partial charge in [0.1, 0.15) is 11.4 Å². The number of hydrogen-bond acceptors (Lipinski definition) is 4. The molecule has 0 unspecified atom stereocenters. The zero-order valence-corrected chi connectivity index (χ0v) is 11.7. The van der Waals surface area contributed by atoms with Crippen molar-refractivity contribution in [1.82, 2.24) is 30.8 Å². The Labute approximate surface area is 127 Å². The SMILES string of the molecule is c1ccc(-c2cn[nH]n2)cc1.c1ccc(-c2cn[nH]n2)cc1. The second-order valence-electron chi connectivity index (χ2n) is 4.44. The topological polar surface area (TPSA) is 83.1 Å². The lowest BCUT2D eigenvalue weighted by molar-refractivity contribution is 0.942. The molecular weight excluding hydrogens is 276 g/mol. The molecule has 2 aromatic heterocycles. The fraction of sp³-hybridized carbons (Fsp3) is 0. The van der Waals surface area contributed by atoms with E-state index >= 15 is 0 Å². The molecule has 0 amide bonds. The lowest BCUT2D eigenvalue weighted by Gasteiger charge is -1.90. The number of nitrogens with one attached hydrogen (secondary N) is 2. The lowest BCUT2D eigenvalue weighted by Crippen LogP contribution is -1.75. The van der Waals surface area contributed by atoms with E-state index in [1.165, 1.54) is 0 Å². The van der Waals surface area contributed by atoms with E-state index in [1.54, 1.807) is 12.4 Å². The number of aromatic amines is 2. The van der Waals surface area contributed by atoms with Gasteiger partial charge in [-0.15, -0.1) is 0 Å². The van der Waals surface area contributed by atoms with Crippen LogP contribution in [0.1, 0.15) is 0 Å². The van der Waals surface area contributed by atoms with Crippen LogP contribution in [0.15, 0.2) is 73.1 Å². The number of hydrogen-bond donors (Lipinski definition) is 2. The zero-order valence-electron chi connectivity index (χ0n) is 11.7. The molecule has 0 saturated heterocycles. The summed E-state index contributed by atoms with van der Waals surface area (Å²) in [5.74, 6) is 0. The van der Waals surface area contributed by atoms with E-state index < -0.39 is 0 Å². The van der Waals surface area contributed by atoms with E-state index in [0.717, 1.165) is 22.5 Å². The van der Waals surface area contributed by atoms with Crippen LogP contribution in [0.3, 0.4) is 0 Å². The summed E-state index contributed by atoms with van der Waals surface area (Å²) in [6.07, 6.45) is 3.41. The van der Waals surface area contributed by atoms with Crippen LogP contribution in [0.4, 0.5) is 0 Å². The van der Waals surface area contributed by atoms with Gasteiger partial charge in [-0.25, -0.2) is 0 Å². The van der Waals surface area contributed by atoms with Gasteiger partial charge in [-0.2, -0.15) is 30.8 Å². The van der Waals surface area contributed by atoms with E-state index in [9.17, 15) is 0 Å². The van der Waals surface area contributed by atoms with Gasteiger partial charge in [-0.1, -0.05) is 60.7 Å². The fourth-order valence-electron chi connectivity index (χ4n) is 1.90. The molecule has 0 bridgehead atoms. The second kappa shape index (κ2) is 6.94. The highest BCUT2D eigenvalue weighted by Gasteiger charge is 1.97. The summed E-state index contributed by atoms with van der Waals surface area (Å²) in [6.45, 7) is 0. The quantitative estimate of drug-likeness (QED) is 0.594. The molecule has 0 saturated carbocycles. The van der Waals surface area contributed by atoms with Crippen LogP contribution < -0.4 is 0 Å². The summed E-state index contributed by atoms with van der Waals surface area (Å²) in [6, 6.07) is 19.8. The maximum Gasteiger partial charge on any atom is 0.112 e. The van der Waals surface area contributed by atoms with Gasteiger partial charge in [-0.05, 0) is 0 Å². The summed E-state index contributed by atoms with van der Waals surface area (Å²) in [5.41, 5.74) is 3.93. The minimum atomic E-state index is 0.880. The van der Waals surface area contributed by atoms with Gasteiger partial charge < -0.3 is 0 Å². The first-order valence-corrected chi connectivity index (χ1v) is 6.76. The Morgan fingerprint density at radius 2 is 0.955 bits per heavy atom. The smallest absolute Gasteiger partial charge is 0.112 e. The van der Waals surface area contributed by atoms with Crippen LogP contribution in [0.5, 0.6) is 0 Å². The molecule has 0 aliphatic carbocycles. The number of rotatable bonds is 2. The minimum absolute atomic E-state index is 0.880. The number of H-pyrrole nitrogens is 2. The monoisotopic (exact) mass is 290 g/mol. The Hall–Kier alpha value is -3.28. The lowest BCUT2D eigenvalue weighted by atomic mass is 10.2. The normalized spacial score (nSPS) is 9.82. The Morgan fingerprint density at radius 3 is 1.27 bits per heavy atom. The molecule has 2 heterocycles. The van der Waals surface area contributed by atoms with E-state index in [4.69, 9.17) is 0 Å². The highest BCUT2D eigenvalue weighted by molar-refractivity contribution is 5.57. The van der Waals surface area contributed by atoms with Gasteiger partial charge in [-0.3, -0.25) is 0 Å². The number of aromatic nitrogens is 6. The van der Waals surface area contributed by atoms with Crippen molar-refractivity contribution < 1.29 is 0 Å². The van der Waals surface area contributed by atoms with Crippen LogP contribution in [0.25, 0.3) is 22.5 Å². The summed E-state index contributed by atoms with van der Waals surface area (Å²) in [7, 11) is 0. The zero-order chi connectivity index (χ0) is 15.0. The molecular formula is C16H14N6. The summed E-state index contributed by atoms with van der Waals surface area (Å²) in [4.78, 5) is 0. The average molecular weight is 290 g/mol. The van der Waals surface area contributed by atoms with Gasteiger partial charge in [0.15, 0.2) is 0 Å². The molecule has 4 aromatic rings. The van der Waals surface area contributed by atoms with Crippen molar-refractivity contribution >= 4 is 0 Å². The van der Waals surface area contributed by atoms with Crippen LogP contribution in [-0.2, 0) is 0 Å². The Bertz CT molecular complexity index is 694. The van der Waals surface area contributed by atoms with Gasteiger partial charge in [0.2, 0.25) is 0 Å². The van der Waals surface area contributed by atoms with Crippen LogP contribution in [-0.4, -0.2) is 30.8 Å². The summed E-state index contributed by atoms with van der Waals surface area (Å²) >= 11 is 0. The molecule has 108 valence electrons. The van der Waals surface area contributed by atoms with Crippen molar-refractivity contribution in [1.29, 1.82) is 0 Å². The molecule has 0 fully saturated rings. The Morgan fingerprint density at radius 1 is 0.545 bits per heavy atom. The average Bonchev–Trinajstić information content (AvgIpc) is 3.31. The highest BCUT2D eigenvalue weighted by atomic mass is 15.3. The number of nitrogens with zero attached hydrogens (tertiary/aromatic N) is 4. The minimum Gasteiger partial charge on any atom is -0.197 e. The van der Waals surface area contributed by atoms with Gasteiger partial charge in [0.05, 0.1) is 12.4 Å². The molecule has 2 N–H and O–H groups in total. The van der Waals surface area contributed by atoms with Crippen LogP contribution >= 0.6 is 0 Å². The third-order valence-corrected chi connectivity index (χ3v) is 2.97. The molecule has 0 aliphatic rings. The third-order valence-electron chi connectivity index (χ3n) is 2.97. The number of benzene rings is 2. The molecule has 4 rings (SSSR count). The van der Waals surface area contributed by atoms with Crippen molar-refractivity contribution in [2.75, 3.05) is 0 Å². The van der Waals surface area contributed by atoms with Crippen molar-refractivity contribution in [2.45, 2.75) is 0 Å². The van der Waals surface area contributed by atoms with E-state index in [0.29, 0.717) is 0 Å². The standard InChI is InChI=1S/2C8H7N3/c2*1-2-4-7(5-3-1)8-6-9-11-10-8/h2*1-6H,(H,9,10,11). The molecule has 0 aliphatic heterocycles. The first-order chi connectivity index (χ1) is 10.9. The Balaban J connectivity index is 0.000000131. The van der Waals surface area contributed by atoms with E-state index in [1.807, 2.05) is 60.7 Å². The van der Waals surface area contributed by atoms with E-state index in [-0.39, 0.29) is 0 Å². The summed E-state index contributed by atoms with van der Waals surface area (Å²) in [5, 5.41) is 20.5. The van der Waals surface area contributed by atoms with E-state index in [2.05, 4.69) is 30.8 Å². The Kier molecular flexibility index (Phi) is 4.32. The van der Waals surface area contributed by atoms with Crippen molar-refractivity contribution in [2.24, 2.45) is 0 Å². The molecule has 22 heavy (non-hydrogen) atoms. The molecule has 6 nitrogen and oxygen atoms in total.